The Morgan fingerprint density at radius 1 is 1.26 bits per heavy atom. The summed E-state index contributed by atoms with van der Waals surface area (Å²) in [4.78, 5) is 16.2. The SMILES string of the molecule is O=C(Nc1cccc2c1S(=O)CC2)c1cncc(C(F)(F)F)c1. The Kier molecular flexibility index (Phi) is 3.93. The largest absolute Gasteiger partial charge is 0.417 e. The van der Waals surface area contributed by atoms with Crippen molar-refractivity contribution in [2.24, 2.45) is 0 Å². The van der Waals surface area contributed by atoms with Gasteiger partial charge in [-0.25, -0.2) is 0 Å². The van der Waals surface area contributed by atoms with Crippen LogP contribution in [0.5, 0.6) is 0 Å². The molecule has 1 aliphatic heterocycles. The number of nitrogens with one attached hydrogen (secondary N) is 1. The molecule has 1 aliphatic rings. The van der Waals surface area contributed by atoms with Gasteiger partial charge >= 0.3 is 6.18 Å². The first-order valence-corrected chi connectivity index (χ1v) is 8.02. The lowest BCUT2D eigenvalue weighted by atomic mass is 10.1. The van der Waals surface area contributed by atoms with Crippen LogP contribution in [-0.4, -0.2) is 20.9 Å². The molecule has 2 heterocycles. The zero-order valence-electron chi connectivity index (χ0n) is 11.7. The zero-order valence-corrected chi connectivity index (χ0v) is 12.5. The van der Waals surface area contributed by atoms with Crippen molar-refractivity contribution < 1.29 is 22.2 Å². The number of hydrogen-bond acceptors (Lipinski definition) is 3. The number of carbonyl (C=O) groups excluding carboxylic acids is 1. The molecule has 23 heavy (non-hydrogen) atoms. The van der Waals surface area contributed by atoms with E-state index in [4.69, 9.17) is 0 Å². The maximum absolute atomic E-state index is 12.7. The van der Waals surface area contributed by atoms with Gasteiger partial charge in [0, 0.05) is 18.1 Å². The number of alkyl halides is 3. The third-order valence-electron chi connectivity index (χ3n) is 3.46. The van der Waals surface area contributed by atoms with E-state index in [0.29, 0.717) is 29.0 Å². The number of benzene rings is 1. The molecule has 120 valence electrons. The number of halogens is 3. The summed E-state index contributed by atoms with van der Waals surface area (Å²) >= 11 is 0. The third kappa shape index (κ3) is 3.12. The van der Waals surface area contributed by atoms with Crippen LogP contribution in [0.15, 0.2) is 41.6 Å². The van der Waals surface area contributed by atoms with E-state index in [1.165, 1.54) is 0 Å². The van der Waals surface area contributed by atoms with E-state index in [1.807, 2.05) is 6.07 Å². The summed E-state index contributed by atoms with van der Waals surface area (Å²) in [6, 6.07) is 5.85. The van der Waals surface area contributed by atoms with Crippen molar-refractivity contribution >= 4 is 22.4 Å². The van der Waals surface area contributed by atoms with Crippen LogP contribution in [0.1, 0.15) is 21.5 Å². The minimum absolute atomic E-state index is 0.207. The van der Waals surface area contributed by atoms with Crippen LogP contribution >= 0.6 is 0 Å². The summed E-state index contributed by atoms with van der Waals surface area (Å²) < 4.78 is 50.0. The molecule has 0 saturated carbocycles. The van der Waals surface area contributed by atoms with Crippen molar-refractivity contribution in [2.45, 2.75) is 17.5 Å². The molecule has 0 fully saturated rings. The standard InChI is InChI=1S/C15H11F3N2O2S/c16-15(17,18)11-6-10(7-19-8-11)14(21)20-12-3-1-2-9-4-5-23(22)13(9)12/h1-3,6-8H,4-5H2,(H,20,21). The van der Waals surface area contributed by atoms with Gasteiger partial charge in [0.25, 0.3) is 5.91 Å². The van der Waals surface area contributed by atoms with Crippen LogP contribution in [0.25, 0.3) is 0 Å². The number of pyridine rings is 1. The van der Waals surface area contributed by atoms with Crippen molar-refractivity contribution in [1.82, 2.24) is 4.98 Å². The van der Waals surface area contributed by atoms with Crippen molar-refractivity contribution in [1.29, 1.82) is 0 Å². The number of amides is 1. The molecule has 8 heteroatoms. The van der Waals surface area contributed by atoms with E-state index in [0.717, 1.165) is 17.8 Å². The lowest BCUT2D eigenvalue weighted by Gasteiger charge is -2.11. The lowest BCUT2D eigenvalue weighted by Crippen LogP contribution is -2.15. The summed E-state index contributed by atoms with van der Waals surface area (Å²) in [7, 11) is -1.21. The Bertz CT molecular complexity index is 806. The molecule has 1 unspecified atom stereocenters. The molecular weight excluding hydrogens is 329 g/mol. The van der Waals surface area contributed by atoms with Gasteiger partial charge in [-0.3, -0.25) is 14.0 Å². The highest BCUT2D eigenvalue weighted by Gasteiger charge is 2.31. The van der Waals surface area contributed by atoms with Crippen LogP contribution in [0.4, 0.5) is 18.9 Å². The molecule has 0 radical (unpaired) electrons. The van der Waals surface area contributed by atoms with Gasteiger partial charge in [0.15, 0.2) is 0 Å². The van der Waals surface area contributed by atoms with E-state index in [-0.39, 0.29) is 5.56 Å². The first-order valence-electron chi connectivity index (χ1n) is 6.70. The highest BCUT2D eigenvalue weighted by molar-refractivity contribution is 7.85. The normalized spacial score (nSPS) is 16.9. The van der Waals surface area contributed by atoms with E-state index in [1.54, 1.807) is 12.1 Å². The Labute approximate surface area is 132 Å². The second-order valence-electron chi connectivity index (χ2n) is 5.01. The summed E-state index contributed by atoms with van der Waals surface area (Å²) in [6.45, 7) is 0. The molecule has 1 N–H and O–H groups in total. The number of aromatic nitrogens is 1. The molecule has 1 aromatic carbocycles. The quantitative estimate of drug-likeness (QED) is 0.914. The van der Waals surface area contributed by atoms with E-state index >= 15 is 0 Å². The number of hydrogen-bond donors (Lipinski definition) is 1. The molecular formula is C15H11F3N2O2S. The number of nitrogens with zero attached hydrogens (tertiary/aromatic N) is 1. The minimum atomic E-state index is -4.57. The monoisotopic (exact) mass is 340 g/mol. The maximum Gasteiger partial charge on any atom is 0.417 e. The molecule has 1 atom stereocenters. The first-order chi connectivity index (χ1) is 10.9. The van der Waals surface area contributed by atoms with E-state index < -0.39 is 28.4 Å². The van der Waals surface area contributed by atoms with Crippen LogP contribution in [0, 0.1) is 0 Å². The van der Waals surface area contributed by atoms with Crippen LogP contribution < -0.4 is 5.32 Å². The topological polar surface area (TPSA) is 59.1 Å². The highest BCUT2D eigenvalue weighted by atomic mass is 32.2. The molecule has 0 spiro atoms. The molecule has 3 rings (SSSR count). The number of anilines is 1. The molecule has 2 aromatic rings. The maximum atomic E-state index is 12.7. The predicted octanol–water partition coefficient (Wildman–Crippen LogP) is 3.02. The van der Waals surface area contributed by atoms with Gasteiger partial charge in [-0.05, 0) is 24.1 Å². The Morgan fingerprint density at radius 3 is 2.78 bits per heavy atom. The Morgan fingerprint density at radius 2 is 2.04 bits per heavy atom. The number of rotatable bonds is 2. The smallest absolute Gasteiger partial charge is 0.321 e. The summed E-state index contributed by atoms with van der Waals surface area (Å²) in [5.74, 6) is -0.242. The average molecular weight is 340 g/mol. The minimum Gasteiger partial charge on any atom is -0.321 e. The van der Waals surface area contributed by atoms with E-state index in [2.05, 4.69) is 10.3 Å². The van der Waals surface area contributed by atoms with Gasteiger partial charge in [-0.1, -0.05) is 12.1 Å². The van der Waals surface area contributed by atoms with Crippen LogP contribution in [-0.2, 0) is 23.4 Å². The number of carbonyl (C=O) groups is 1. The van der Waals surface area contributed by atoms with Gasteiger partial charge in [-0.2, -0.15) is 13.2 Å². The van der Waals surface area contributed by atoms with Crippen LogP contribution in [0.3, 0.4) is 0 Å². The Balaban J connectivity index is 1.89. The molecule has 1 aromatic heterocycles. The lowest BCUT2D eigenvalue weighted by molar-refractivity contribution is -0.137. The van der Waals surface area contributed by atoms with Crippen molar-refractivity contribution in [3.8, 4) is 0 Å². The number of aryl methyl sites for hydroxylation is 1. The van der Waals surface area contributed by atoms with Gasteiger partial charge in [0.2, 0.25) is 0 Å². The second kappa shape index (κ2) is 5.77. The number of fused-ring (bicyclic) bond motifs is 1. The molecule has 0 aliphatic carbocycles. The van der Waals surface area contributed by atoms with Gasteiger partial charge in [-0.15, -0.1) is 0 Å². The van der Waals surface area contributed by atoms with Gasteiger partial charge in [0.1, 0.15) is 0 Å². The summed E-state index contributed by atoms with van der Waals surface area (Å²) in [5, 5.41) is 2.53. The molecule has 0 saturated heterocycles. The zero-order chi connectivity index (χ0) is 16.6. The van der Waals surface area contributed by atoms with Gasteiger partial charge < -0.3 is 5.32 Å². The first kappa shape index (κ1) is 15.7. The molecule has 4 nitrogen and oxygen atoms in total. The highest BCUT2D eigenvalue weighted by Crippen LogP contribution is 2.31. The third-order valence-corrected chi connectivity index (χ3v) is 4.97. The summed E-state index contributed by atoms with van der Waals surface area (Å²) in [5.41, 5.74) is 0.0391. The fourth-order valence-corrected chi connectivity index (χ4v) is 3.80. The van der Waals surface area contributed by atoms with Crippen LogP contribution in [0.2, 0.25) is 0 Å². The summed E-state index contributed by atoms with van der Waals surface area (Å²) in [6.07, 6.45) is -2.20. The average Bonchev–Trinajstić information content (AvgIpc) is 2.89. The van der Waals surface area contributed by atoms with Gasteiger partial charge in [0.05, 0.1) is 32.5 Å². The second-order valence-corrected chi connectivity index (χ2v) is 6.52. The molecule has 0 bridgehead atoms. The van der Waals surface area contributed by atoms with Crippen molar-refractivity contribution in [2.75, 3.05) is 11.1 Å². The van der Waals surface area contributed by atoms with Crippen molar-refractivity contribution in [3.63, 3.8) is 0 Å². The Hall–Kier alpha value is -2.22. The van der Waals surface area contributed by atoms with Crippen molar-refractivity contribution in [3.05, 3.63) is 53.3 Å². The fourth-order valence-electron chi connectivity index (χ4n) is 2.37. The molecule has 1 amide bonds. The predicted molar refractivity (Wildman–Crippen MR) is 78.6 cm³/mol. The fraction of sp³-hybridized carbons (Fsp3) is 0.200. The van der Waals surface area contributed by atoms with E-state index in [9.17, 15) is 22.2 Å².